The van der Waals surface area contributed by atoms with Gasteiger partial charge >= 0.3 is 6.61 Å². The Morgan fingerprint density at radius 3 is 2.74 bits per heavy atom. The molecule has 1 fully saturated rings. The van der Waals surface area contributed by atoms with Crippen LogP contribution in [0.5, 0.6) is 5.75 Å². The largest absolute Gasteiger partial charge is 0.433 e. The van der Waals surface area contributed by atoms with Crippen LogP contribution in [0.2, 0.25) is 0 Å². The number of ether oxygens (including phenoxy) is 1. The van der Waals surface area contributed by atoms with E-state index in [1.807, 2.05) is 6.07 Å². The maximum Gasteiger partial charge on any atom is 0.387 e. The zero-order valence-electron chi connectivity index (χ0n) is 11.5. The van der Waals surface area contributed by atoms with Crippen molar-refractivity contribution in [2.75, 3.05) is 5.32 Å². The van der Waals surface area contributed by atoms with Crippen molar-refractivity contribution in [2.45, 2.75) is 52.2 Å². The predicted octanol–water partition coefficient (Wildman–Crippen LogP) is 4.67. The number of hydrogen-bond acceptors (Lipinski definition) is 2. The van der Waals surface area contributed by atoms with Crippen molar-refractivity contribution in [1.29, 1.82) is 0 Å². The summed E-state index contributed by atoms with van der Waals surface area (Å²) in [6, 6.07) is 7.22. The van der Waals surface area contributed by atoms with Gasteiger partial charge in [0.25, 0.3) is 0 Å². The second-order valence-corrected chi connectivity index (χ2v) is 5.98. The summed E-state index contributed by atoms with van der Waals surface area (Å²) in [6.07, 6.45) is 4.52. The Morgan fingerprint density at radius 2 is 2.05 bits per heavy atom. The first-order valence-electron chi connectivity index (χ1n) is 6.77. The highest BCUT2D eigenvalue weighted by molar-refractivity contribution is 5.56. The van der Waals surface area contributed by atoms with Crippen LogP contribution in [0.15, 0.2) is 24.3 Å². The summed E-state index contributed by atoms with van der Waals surface area (Å²) in [5, 5.41) is 3.35. The molecule has 0 bridgehead atoms. The molecule has 1 N–H and O–H groups in total. The van der Waals surface area contributed by atoms with Gasteiger partial charge in [0.15, 0.2) is 0 Å². The van der Waals surface area contributed by atoms with Gasteiger partial charge in [0.1, 0.15) is 5.75 Å². The van der Waals surface area contributed by atoms with Crippen molar-refractivity contribution in [3.8, 4) is 5.75 Å². The molecule has 1 saturated carbocycles. The molecule has 1 atom stereocenters. The number of alkyl halides is 2. The van der Waals surface area contributed by atoms with Crippen molar-refractivity contribution in [1.82, 2.24) is 0 Å². The molecular formula is C15H21F2NO. The third-order valence-electron chi connectivity index (χ3n) is 3.67. The maximum atomic E-state index is 12.4. The van der Waals surface area contributed by atoms with E-state index < -0.39 is 6.61 Å². The summed E-state index contributed by atoms with van der Waals surface area (Å²) < 4.78 is 29.2. The molecular weight excluding hydrogens is 248 g/mol. The monoisotopic (exact) mass is 269 g/mol. The maximum absolute atomic E-state index is 12.4. The van der Waals surface area contributed by atoms with Crippen LogP contribution in [0.1, 0.15) is 39.5 Å². The van der Waals surface area contributed by atoms with Crippen LogP contribution in [0, 0.1) is 5.41 Å². The Bertz CT molecular complexity index is 420. The second-order valence-electron chi connectivity index (χ2n) is 5.98. The molecule has 1 aromatic carbocycles. The van der Waals surface area contributed by atoms with Gasteiger partial charge in [-0.3, -0.25) is 0 Å². The molecule has 0 aliphatic heterocycles. The van der Waals surface area contributed by atoms with Gasteiger partial charge < -0.3 is 10.1 Å². The van der Waals surface area contributed by atoms with Gasteiger partial charge in [-0.15, -0.1) is 0 Å². The third kappa shape index (κ3) is 4.08. The first-order chi connectivity index (χ1) is 8.96. The van der Waals surface area contributed by atoms with Crippen LogP contribution in [-0.2, 0) is 0 Å². The minimum absolute atomic E-state index is 0.223. The fraction of sp³-hybridized carbons (Fsp3) is 0.600. The van der Waals surface area contributed by atoms with E-state index in [0.717, 1.165) is 12.8 Å². The lowest BCUT2D eigenvalue weighted by atomic mass is 9.75. The van der Waals surface area contributed by atoms with E-state index in [1.54, 1.807) is 18.2 Å². The van der Waals surface area contributed by atoms with Crippen molar-refractivity contribution in [2.24, 2.45) is 5.41 Å². The van der Waals surface area contributed by atoms with Gasteiger partial charge in [-0.1, -0.05) is 32.4 Å². The molecule has 0 spiro atoms. The first kappa shape index (κ1) is 14.1. The number of halogens is 2. The molecule has 1 aromatic rings. The van der Waals surface area contributed by atoms with Crippen molar-refractivity contribution >= 4 is 5.69 Å². The summed E-state index contributed by atoms with van der Waals surface area (Å²) in [4.78, 5) is 0. The van der Waals surface area contributed by atoms with Gasteiger partial charge in [0.2, 0.25) is 0 Å². The van der Waals surface area contributed by atoms with Crippen molar-refractivity contribution < 1.29 is 13.5 Å². The summed E-state index contributed by atoms with van der Waals surface area (Å²) >= 11 is 0. The lowest BCUT2D eigenvalue weighted by Crippen LogP contribution is -2.31. The van der Waals surface area contributed by atoms with E-state index in [9.17, 15) is 8.78 Å². The van der Waals surface area contributed by atoms with Gasteiger partial charge in [0.05, 0.1) is 5.69 Å². The highest BCUT2D eigenvalue weighted by Gasteiger charge is 2.28. The minimum atomic E-state index is -2.79. The van der Waals surface area contributed by atoms with Crippen molar-refractivity contribution in [3.63, 3.8) is 0 Å². The predicted molar refractivity (Wildman–Crippen MR) is 72.7 cm³/mol. The zero-order valence-corrected chi connectivity index (χ0v) is 11.5. The Morgan fingerprint density at radius 1 is 1.32 bits per heavy atom. The number of nitrogens with one attached hydrogen (secondary N) is 1. The highest BCUT2D eigenvalue weighted by atomic mass is 19.3. The van der Waals surface area contributed by atoms with Crippen LogP contribution in [0.25, 0.3) is 0 Å². The third-order valence-corrected chi connectivity index (χ3v) is 3.67. The number of anilines is 1. The molecule has 0 saturated heterocycles. The zero-order chi connectivity index (χ0) is 13.9. The Labute approximate surface area is 113 Å². The topological polar surface area (TPSA) is 21.3 Å². The number of para-hydroxylation sites is 2. The van der Waals surface area contributed by atoms with E-state index >= 15 is 0 Å². The van der Waals surface area contributed by atoms with Gasteiger partial charge in [-0.2, -0.15) is 8.78 Å². The van der Waals surface area contributed by atoms with E-state index in [2.05, 4.69) is 23.9 Å². The van der Waals surface area contributed by atoms with Crippen LogP contribution in [0.4, 0.5) is 14.5 Å². The minimum Gasteiger partial charge on any atom is -0.433 e. The molecule has 19 heavy (non-hydrogen) atoms. The summed E-state index contributed by atoms with van der Waals surface area (Å²) in [7, 11) is 0. The quantitative estimate of drug-likeness (QED) is 0.857. The SMILES string of the molecule is CC1(C)CCCC(Nc2ccccc2OC(F)F)C1. The molecule has 4 heteroatoms. The van der Waals surface area contributed by atoms with Crippen LogP contribution >= 0.6 is 0 Å². The average Bonchev–Trinajstić information content (AvgIpc) is 2.30. The molecule has 1 aliphatic rings. The molecule has 0 radical (unpaired) electrons. The number of rotatable bonds is 4. The molecule has 0 heterocycles. The molecule has 0 amide bonds. The second kappa shape index (κ2) is 5.76. The Balaban J connectivity index is 2.06. The van der Waals surface area contributed by atoms with Gasteiger partial charge in [0, 0.05) is 6.04 Å². The lowest BCUT2D eigenvalue weighted by molar-refractivity contribution is -0.0494. The van der Waals surface area contributed by atoms with E-state index in [1.165, 1.54) is 12.8 Å². The van der Waals surface area contributed by atoms with E-state index in [0.29, 0.717) is 17.1 Å². The van der Waals surface area contributed by atoms with Crippen LogP contribution in [-0.4, -0.2) is 12.7 Å². The van der Waals surface area contributed by atoms with Gasteiger partial charge in [-0.05, 0) is 36.8 Å². The Kier molecular flexibility index (Phi) is 4.27. The normalized spacial score (nSPS) is 22.3. The van der Waals surface area contributed by atoms with E-state index in [-0.39, 0.29) is 5.75 Å². The molecule has 1 aliphatic carbocycles. The van der Waals surface area contributed by atoms with Crippen molar-refractivity contribution in [3.05, 3.63) is 24.3 Å². The highest BCUT2D eigenvalue weighted by Crippen LogP contribution is 2.37. The fourth-order valence-electron chi connectivity index (χ4n) is 2.83. The first-order valence-corrected chi connectivity index (χ1v) is 6.77. The summed E-state index contributed by atoms with van der Waals surface area (Å²) in [5.41, 5.74) is 0.972. The number of benzene rings is 1. The molecule has 2 rings (SSSR count). The summed E-state index contributed by atoms with van der Waals surface area (Å²) in [6.45, 7) is 1.72. The number of hydrogen-bond donors (Lipinski definition) is 1. The Hall–Kier alpha value is -1.32. The molecule has 2 nitrogen and oxygen atoms in total. The molecule has 1 unspecified atom stereocenters. The van der Waals surface area contributed by atoms with E-state index in [4.69, 9.17) is 0 Å². The summed E-state index contributed by atoms with van der Waals surface area (Å²) in [5.74, 6) is 0.223. The smallest absolute Gasteiger partial charge is 0.387 e. The molecule has 106 valence electrons. The fourth-order valence-corrected chi connectivity index (χ4v) is 2.83. The standard InChI is InChI=1S/C15H21F2NO/c1-15(2)9-5-6-11(10-15)18-12-7-3-4-8-13(12)19-14(16)17/h3-4,7-8,11,14,18H,5-6,9-10H2,1-2H3. The average molecular weight is 269 g/mol. The van der Waals surface area contributed by atoms with Crippen LogP contribution in [0.3, 0.4) is 0 Å². The van der Waals surface area contributed by atoms with Crippen LogP contribution < -0.4 is 10.1 Å². The lowest BCUT2D eigenvalue weighted by Gasteiger charge is -2.36. The molecule has 0 aromatic heterocycles. The van der Waals surface area contributed by atoms with Gasteiger partial charge in [-0.25, -0.2) is 0 Å².